The van der Waals surface area contributed by atoms with E-state index in [1.54, 1.807) is 0 Å². The fourth-order valence-electron chi connectivity index (χ4n) is 2.61. The summed E-state index contributed by atoms with van der Waals surface area (Å²) < 4.78 is 0. The largest absolute Gasteiger partial charge is 0.394 e. The van der Waals surface area contributed by atoms with Crippen LogP contribution in [0, 0.1) is 5.92 Å². The van der Waals surface area contributed by atoms with E-state index in [2.05, 4.69) is 17.1 Å². The number of aliphatic hydroxyl groups excluding tert-OH is 1. The second kappa shape index (κ2) is 4.40. The van der Waals surface area contributed by atoms with E-state index in [4.69, 9.17) is 0 Å². The molecule has 0 amide bonds. The van der Waals surface area contributed by atoms with Gasteiger partial charge in [0.15, 0.2) is 0 Å². The normalized spacial score (nSPS) is 25.6. The topological polar surface area (TPSA) is 35.5 Å². The van der Waals surface area contributed by atoms with Gasteiger partial charge in [0.05, 0.1) is 12.1 Å². The quantitative estimate of drug-likeness (QED) is 0.656. The van der Waals surface area contributed by atoms with Crippen LogP contribution in [0.25, 0.3) is 0 Å². The molecule has 2 aliphatic carbocycles. The highest BCUT2D eigenvalue weighted by molar-refractivity contribution is 5.03. The predicted octanol–water partition coefficient (Wildman–Crippen LogP) is 0.831. The molecule has 2 aliphatic rings. The molecule has 2 rings (SSSR count). The number of likely N-dealkylation sites (N-methyl/N-ethyl adjacent to an activating group) is 2. The molecular weight excluding hydrogens is 188 g/mol. The maximum absolute atomic E-state index is 9.64. The molecule has 0 aromatic carbocycles. The highest BCUT2D eigenvalue weighted by Gasteiger charge is 2.46. The Morgan fingerprint density at radius 2 is 2.00 bits per heavy atom. The van der Waals surface area contributed by atoms with Crippen LogP contribution in [0.15, 0.2) is 0 Å². The second-order valence-corrected chi connectivity index (χ2v) is 5.13. The highest BCUT2D eigenvalue weighted by atomic mass is 16.3. The van der Waals surface area contributed by atoms with Crippen LogP contribution < -0.4 is 5.32 Å². The summed E-state index contributed by atoms with van der Waals surface area (Å²) in [5.74, 6) is 0.695. The van der Waals surface area contributed by atoms with Gasteiger partial charge in [0.25, 0.3) is 0 Å². The summed E-state index contributed by atoms with van der Waals surface area (Å²) in [5, 5.41) is 13.0. The third-order valence-electron chi connectivity index (χ3n) is 4.09. The Kier molecular flexibility index (Phi) is 3.33. The second-order valence-electron chi connectivity index (χ2n) is 5.13. The fraction of sp³-hybridized carbons (Fsp3) is 1.00. The van der Waals surface area contributed by atoms with E-state index < -0.39 is 0 Å². The molecule has 0 saturated heterocycles. The lowest BCUT2D eigenvalue weighted by atomic mass is 9.93. The third-order valence-corrected chi connectivity index (χ3v) is 4.09. The van der Waals surface area contributed by atoms with E-state index in [0.29, 0.717) is 5.92 Å². The van der Waals surface area contributed by atoms with E-state index >= 15 is 0 Å². The minimum absolute atomic E-state index is 0.0292. The molecule has 2 fully saturated rings. The van der Waals surface area contributed by atoms with E-state index in [-0.39, 0.29) is 12.1 Å². The van der Waals surface area contributed by atoms with Crippen molar-refractivity contribution in [2.24, 2.45) is 5.92 Å². The van der Waals surface area contributed by atoms with E-state index in [1.807, 2.05) is 7.05 Å². The molecular formula is C12H24N2O. The number of hydrogen-bond donors (Lipinski definition) is 2. The Morgan fingerprint density at radius 1 is 1.33 bits per heavy atom. The van der Waals surface area contributed by atoms with Crippen molar-refractivity contribution in [1.82, 2.24) is 10.2 Å². The number of rotatable bonds is 7. The van der Waals surface area contributed by atoms with E-state index in [9.17, 15) is 5.11 Å². The average molecular weight is 212 g/mol. The van der Waals surface area contributed by atoms with Crippen LogP contribution in [0.2, 0.25) is 0 Å². The fourth-order valence-corrected chi connectivity index (χ4v) is 2.61. The maximum atomic E-state index is 9.64. The van der Waals surface area contributed by atoms with Gasteiger partial charge in [-0.1, -0.05) is 6.92 Å². The minimum atomic E-state index is -0.0292. The molecule has 2 N–H and O–H groups in total. The van der Waals surface area contributed by atoms with Crippen molar-refractivity contribution in [3.8, 4) is 0 Å². The molecule has 88 valence electrons. The minimum Gasteiger partial charge on any atom is -0.394 e. The van der Waals surface area contributed by atoms with Crippen LogP contribution in [0.4, 0.5) is 0 Å². The maximum Gasteiger partial charge on any atom is 0.0628 e. The van der Waals surface area contributed by atoms with Crippen LogP contribution >= 0.6 is 0 Å². The number of hydrogen-bond acceptors (Lipinski definition) is 3. The van der Waals surface area contributed by atoms with Gasteiger partial charge in [-0.15, -0.1) is 0 Å². The van der Waals surface area contributed by atoms with Gasteiger partial charge in [-0.05, 0) is 45.2 Å². The Morgan fingerprint density at radius 3 is 2.33 bits per heavy atom. The summed E-state index contributed by atoms with van der Waals surface area (Å²) in [7, 11) is 2.00. The predicted molar refractivity (Wildman–Crippen MR) is 61.9 cm³/mol. The molecule has 15 heavy (non-hydrogen) atoms. The van der Waals surface area contributed by atoms with Crippen molar-refractivity contribution in [2.45, 2.75) is 44.2 Å². The smallest absolute Gasteiger partial charge is 0.0628 e. The van der Waals surface area contributed by atoms with Gasteiger partial charge in [0.2, 0.25) is 0 Å². The standard InChI is InChI=1S/C12H24N2O/c1-3-14(11-6-7-11)8-12(9-15,13-2)10-4-5-10/h10-11,13,15H,3-9H2,1-2H3. The van der Waals surface area contributed by atoms with Crippen molar-refractivity contribution in [2.75, 3.05) is 26.7 Å². The molecule has 0 spiro atoms. The van der Waals surface area contributed by atoms with Gasteiger partial charge in [-0.3, -0.25) is 4.90 Å². The van der Waals surface area contributed by atoms with Crippen LogP contribution in [0.1, 0.15) is 32.6 Å². The van der Waals surface area contributed by atoms with E-state index in [1.165, 1.54) is 25.7 Å². The molecule has 1 unspecified atom stereocenters. The SMILES string of the molecule is CCN(CC(CO)(NC)C1CC1)C1CC1. The highest BCUT2D eigenvalue weighted by Crippen LogP contribution is 2.41. The van der Waals surface area contributed by atoms with Gasteiger partial charge in [-0.2, -0.15) is 0 Å². The zero-order chi connectivity index (χ0) is 10.9. The zero-order valence-electron chi connectivity index (χ0n) is 10.00. The first-order valence-corrected chi connectivity index (χ1v) is 6.29. The molecule has 3 nitrogen and oxygen atoms in total. The Bertz CT molecular complexity index is 208. The number of nitrogens with one attached hydrogen (secondary N) is 1. The Labute approximate surface area is 92.8 Å². The van der Waals surface area contributed by atoms with Crippen LogP contribution in [0.3, 0.4) is 0 Å². The van der Waals surface area contributed by atoms with Crippen LogP contribution in [0.5, 0.6) is 0 Å². The first-order valence-electron chi connectivity index (χ1n) is 6.29. The third kappa shape index (κ3) is 2.35. The number of aliphatic hydroxyl groups is 1. The molecule has 0 aromatic rings. The summed E-state index contributed by atoms with van der Waals surface area (Å²) in [6.07, 6.45) is 5.26. The van der Waals surface area contributed by atoms with Gasteiger partial charge < -0.3 is 10.4 Å². The zero-order valence-corrected chi connectivity index (χ0v) is 10.00. The lowest BCUT2D eigenvalue weighted by Gasteiger charge is -2.37. The summed E-state index contributed by atoms with van der Waals surface area (Å²) in [5.41, 5.74) is -0.0292. The lowest BCUT2D eigenvalue weighted by Crippen LogP contribution is -2.57. The van der Waals surface area contributed by atoms with Gasteiger partial charge in [0.1, 0.15) is 0 Å². The summed E-state index contributed by atoms with van der Waals surface area (Å²) in [6.45, 7) is 4.63. The Hall–Kier alpha value is -0.120. The number of nitrogens with zero attached hydrogens (tertiary/aromatic N) is 1. The summed E-state index contributed by atoms with van der Waals surface area (Å²) >= 11 is 0. The van der Waals surface area contributed by atoms with Gasteiger partial charge >= 0.3 is 0 Å². The van der Waals surface area contributed by atoms with Gasteiger partial charge in [0, 0.05) is 12.6 Å². The van der Waals surface area contributed by atoms with E-state index in [0.717, 1.165) is 19.1 Å². The molecule has 0 aliphatic heterocycles. The Balaban J connectivity index is 1.97. The van der Waals surface area contributed by atoms with Crippen LogP contribution in [-0.4, -0.2) is 48.3 Å². The summed E-state index contributed by atoms with van der Waals surface area (Å²) in [6, 6.07) is 0.799. The van der Waals surface area contributed by atoms with Crippen molar-refractivity contribution in [1.29, 1.82) is 0 Å². The molecule has 0 bridgehead atoms. The van der Waals surface area contributed by atoms with Crippen molar-refractivity contribution in [3.63, 3.8) is 0 Å². The monoisotopic (exact) mass is 212 g/mol. The van der Waals surface area contributed by atoms with Crippen LogP contribution in [-0.2, 0) is 0 Å². The molecule has 0 heterocycles. The first kappa shape index (κ1) is 11.4. The van der Waals surface area contributed by atoms with Crippen molar-refractivity contribution in [3.05, 3.63) is 0 Å². The average Bonchev–Trinajstić information content (AvgIpc) is 3.11. The first-order chi connectivity index (χ1) is 7.25. The van der Waals surface area contributed by atoms with Crippen molar-refractivity contribution < 1.29 is 5.11 Å². The summed E-state index contributed by atoms with van der Waals surface area (Å²) in [4.78, 5) is 2.53. The van der Waals surface area contributed by atoms with Crippen molar-refractivity contribution >= 4 is 0 Å². The molecule has 3 heteroatoms. The molecule has 0 radical (unpaired) electrons. The lowest BCUT2D eigenvalue weighted by molar-refractivity contribution is 0.0955. The molecule has 2 saturated carbocycles. The molecule has 1 atom stereocenters. The van der Waals surface area contributed by atoms with Gasteiger partial charge in [-0.25, -0.2) is 0 Å². The molecule has 0 aromatic heterocycles.